The molecule has 25 heavy (non-hydrogen) atoms. The lowest BCUT2D eigenvalue weighted by Crippen LogP contribution is -2.12. The number of amides is 1. The van der Waals surface area contributed by atoms with E-state index in [2.05, 4.69) is 10.3 Å². The van der Waals surface area contributed by atoms with E-state index in [1.54, 1.807) is 5.38 Å². The molecule has 1 amide bonds. The maximum Gasteiger partial charge on any atom is 0.275 e. The minimum Gasteiger partial charge on any atom is -0.490 e. The molecule has 3 aromatic rings. The quantitative estimate of drug-likeness (QED) is 0.690. The fourth-order valence-electron chi connectivity index (χ4n) is 2.33. The number of anilines is 1. The second-order valence-corrected chi connectivity index (χ2v) is 6.88. The third-order valence-electron chi connectivity index (χ3n) is 3.53. The molecule has 0 radical (unpaired) electrons. The van der Waals surface area contributed by atoms with Crippen molar-refractivity contribution < 1.29 is 9.53 Å². The van der Waals surface area contributed by atoms with Crippen molar-refractivity contribution in [3.8, 4) is 16.3 Å². The minimum absolute atomic E-state index is 0.0745. The molecule has 0 aliphatic rings. The second kappa shape index (κ2) is 7.49. The first-order valence-electron chi connectivity index (χ1n) is 8.12. The summed E-state index contributed by atoms with van der Waals surface area (Å²) in [7, 11) is 0. The fraction of sp³-hybridized carbons (Fsp3) is 0.200. The van der Waals surface area contributed by atoms with Gasteiger partial charge < -0.3 is 10.1 Å². The Morgan fingerprint density at radius 2 is 1.84 bits per heavy atom. The molecule has 1 N–H and O–H groups in total. The number of rotatable bonds is 5. The van der Waals surface area contributed by atoms with E-state index in [-0.39, 0.29) is 12.0 Å². The van der Waals surface area contributed by atoms with E-state index >= 15 is 0 Å². The predicted molar refractivity (Wildman–Crippen MR) is 102 cm³/mol. The molecule has 4 nitrogen and oxygen atoms in total. The average Bonchev–Trinajstić information content (AvgIpc) is 3.07. The van der Waals surface area contributed by atoms with Gasteiger partial charge in [0, 0.05) is 11.1 Å². The summed E-state index contributed by atoms with van der Waals surface area (Å²) in [5, 5.41) is 5.41. The van der Waals surface area contributed by atoms with Crippen LogP contribution in [0.4, 0.5) is 5.69 Å². The molecule has 0 bridgehead atoms. The van der Waals surface area contributed by atoms with Gasteiger partial charge in [-0.05, 0) is 45.0 Å². The highest BCUT2D eigenvalue weighted by atomic mass is 32.1. The number of para-hydroxylation sites is 1. The average molecular weight is 352 g/mol. The number of nitrogens with one attached hydrogen (secondary N) is 1. The lowest BCUT2D eigenvalue weighted by molar-refractivity contribution is 0.102. The van der Waals surface area contributed by atoms with Crippen LogP contribution in [0.1, 0.15) is 29.9 Å². The predicted octanol–water partition coefficient (Wildman–Crippen LogP) is 5.16. The van der Waals surface area contributed by atoms with E-state index in [9.17, 15) is 4.79 Å². The topological polar surface area (TPSA) is 51.2 Å². The standard InChI is InChI=1S/C20H20N2O2S/c1-13(2)24-18-7-5-4-6-16(18)20-22-17(12-25-20)19(23)21-15-10-8-14(3)9-11-15/h4-13H,1-3H3,(H,21,23). The summed E-state index contributed by atoms with van der Waals surface area (Å²) in [5.74, 6) is 0.561. The SMILES string of the molecule is Cc1ccc(NC(=O)c2csc(-c3ccccc3OC(C)C)n2)cc1. The number of hydrogen-bond acceptors (Lipinski definition) is 4. The third-order valence-corrected chi connectivity index (χ3v) is 4.40. The van der Waals surface area contributed by atoms with Crippen LogP contribution in [-0.4, -0.2) is 17.0 Å². The molecule has 0 saturated heterocycles. The molecule has 128 valence electrons. The summed E-state index contributed by atoms with van der Waals surface area (Å²) in [5.41, 5.74) is 3.21. The lowest BCUT2D eigenvalue weighted by Gasteiger charge is -2.12. The summed E-state index contributed by atoms with van der Waals surface area (Å²) in [6.45, 7) is 5.98. The molecule has 0 aliphatic heterocycles. The van der Waals surface area contributed by atoms with E-state index in [4.69, 9.17) is 4.74 Å². The summed E-state index contributed by atoms with van der Waals surface area (Å²) in [6, 6.07) is 15.4. The van der Waals surface area contributed by atoms with Crippen molar-refractivity contribution in [2.75, 3.05) is 5.32 Å². The smallest absolute Gasteiger partial charge is 0.275 e. The van der Waals surface area contributed by atoms with Crippen molar-refractivity contribution in [2.45, 2.75) is 26.9 Å². The highest BCUT2D eigenvalue weighted by Gasteiger charge is 2.15. The number of aromatic nitrogens is 1. The van der Waals surface area contributed by atoms with Crippen molar-refractivity contribution in [3.63, 3.8) is 0 Å². The highest BCUT2D eigenvalue weighted by Crippen LogP contribution is 2.32. The first-order chi connectivity index (χ1) is 12.0. The molecular formula is C20H20N2O2S. The van der Waals surface area contributed by atoms with Gasteiger partial charge in [0.1, 0.15) is 16.5 Å². The normalized spacial score (nSPS) is 10.7. The number of benzene rings is 2. The summed E-state index contributed by atoms with van der Waals surface area (Å²) < 4.78 is 5.84. The van der Waals surface area contributed by atoms with Crippen molar-refractivity contribution in [1.29, 1.82) is 0 Å². The van der Waals surface area contributed by atoms with Crippen molar-refractivity contribution in [2.24, 2.45) is 0 Å². The number of nitrogens with zero attached hydrogens (tertiary/aromatic N) is 1. The maximum atomic E-state index is 12.4. The molecule has 0 atom stereocenters. The minimum atomic E-state index is -0.214. The Morgan fingerprint density at radius 1 is 1.12 bits per heavy atom. The highest BCUT2D eigenvalue weighted by molar-refractivity contribution is 7.13. The van der Waals surface area contributed by atoms with Crippen LogP contribution >= 0.6 is 11.3 Å². The number of hydrogen-bond donors (Lipinski definition) is 1. The molecule has 0 aliphatic carbocycles. The Bertz CT molecular complexity index is 869. The summed E-state index contributed by atoms with van der Waals surface area (Å²) in [4.78, 5) is 16.9. The van der Waals surface area contributed by atoms with E-state index in [0.717, 1.165) is 27.6 Å². The van der Waals surface area contributed by atoms with Gasteiger partial charge in [-0.25, -0.2) is 4.98 Å². The van der Waals surface area contributed by atoms with Crippen molar-refractivity contribution in [3.05, 3.63) is 65.2 Å². The Balaban J connectivity index is 1.80. The Labute approximate surface area is 151 Å². The molecule has 0 saturated carbocycles. The summed E-state index contributed by atoms with van der Waals surface area (Å²) in [6.07, 6.45) is 0.0745. The number of carbonyl (C=O) groups excluding carboxylic acids is 1. The van der Waals surface area contributed by atoms with Gasteiger partial charge in [0.2, 0.25) is 0 Å². The largest absolute Gasteiger partial charge is 0.490 e. The Morgan fingerprint density at radius 3 is 2.56 bits per heavy atom. The van der Waals surface area contributed by atoms with Crippen LogP contribution in [-0.2, 0) is 0 Å². The maximum absolute atomic E-state index is 12.4. The van der Waals surface area contributed by atoms with Crippen LogP contribution in [0, 0.1) is 6.92 Å². The van der Waals surface area contributed by atoms with Crippen LogP contribution < -0.4 is 10.1 Å². The molecule has 3 rings (SSSR count). The number of thiazole rings is 1. The number of carbonyl (C=O) groups is 1. The van der Waals surface area contributed by atoms with Gasteiger partial charge in [-0.3, -0.25) is 4.79 Å². The molecule has 0 spiro atoms. The monoisotopic (exact) mass is 352 g/mol. The van der Waals surface area contributed by atoms with Gasteiger partial charge in [0.25, 0.3) is 5.91 Å². The molecule has 2 aromatic carbocycles. The van der Waals surface area contributed by atoms with E-state index in [0.29, 0.717) is 5.69 Å². The summed E-state index contributed by atoms with van der Waals surface area (Å²) >= 11 is 1.43. The molecular weight excluding hydrogens is 332 g/mol. The Kier molecular flexibility index (Phi) is 5.14. The molecule has 5 heteroatoms. The van der Waals surface area contributed by atoms with Crippen molar-refractivity contribution >= 4 is 22.9 Å². The van der Waals surface area contributed by atoms with E-state index < -0.39 is 0 Å². The van der Waals surface area contributed by atoms with Gasteiger partial charge in [-0.2, -0.15) is 0 Å². The number of ether oxygens (including phenoxy) is 1. The molecule has 1 aromatic heterocycles. The van der Waals surface area contributed by atoms with Gasteiger partial charge in [-0.15, -0.1) is 11.3 Å². The zero-order chi connectivity index (χ0) is 17.8. The van der Waals surface area contributed by atoms with Gasteiger partial charge >= 0.3 is 0 Å². The third kappa shape index (κ3) is 4.25. The molecule has 1 heterocycles. The fourth-order valence-corrected chi connectivity index (χ4v) is 3.16. The van der Waals surface area contributed by atoms with Crippen LogP contribution in [0.2, 0.25) is 0 Å². The zero-order valence-electron chi connectivity index (χ0n) is 14.4. The van der Waals surface area contributed by atoms with Crippen LogP contribution in [0.25, 0.3) is 10.6 Å². The van der Waals surface area contributed by atoms with Crippen molar-refractivity contribution in [1.82, 2.24) is 4.98 Å². The molecule has 0 unspecified atom stereocenters. The van der Waals surface area contributed by atoms with Gasteiger partial charge in [-0.1, -0.05) is 29.8 Å². The first kappa shape index (κ1) is 17.2. The lowest BCUT2D eigenvalue weighted by atomic mass is 10.2. The van der Waals surface area contributed by atoms with Gasteiger partial charge in [0.15, 0.2) is 0 Å². The zero-order valence-corrected chi connectivity index (χ0v) is 15.3. The van der Waals surface area contributed by atoms with Gasteiger partial charge in [0.05, 0.1) is 11.7 Å². The molecule has 0 fully saturated rings. The van der Waals surface area contributed by atoms with E-state index in [1.807, 2.05) is 69.3 Å². The second-order valence-electron chi connectivity index (χ2n) is 6.02. The van der Waals surface area contributed by atoms with Crippen LogP contribution in [0.15, 0.2) is 53.9 Å². The first-order valence-corrected chi connectivity index (χ1v) is 9.00. The van der Waals surface area contributed by atoms with Crippen LogP contribution in [0.5, 0.6) is 5.75 Å². The number of aryl methyl sites for hydroxylation is 1. The van der Waals surface area contributed by atoms with E-state index in [1.165, 1.54) is 11.3 Å². The Hall–Kier alpha value is -2.66. The van der Waals surface area contributed by atoms with Crippen LogP contribution in [0.3, 0.4) is 0 Å².